The van der Waals surface area contributed by atoms with Crippen LogP contribution in [0.4, 0.5) is 9.59 Å². The van der Waals surface area contributed by atoms with E-state index < -0.39 is 23.4 Å². The van der Waals surface area contributed by atoms with Crippen LogP contribution in [0.2, 0.25) is 0 Å². The third-order valence-corrected chi connectivity index (χ3v) is 7.47. The van der Waals surface area contributed by atoms with Gasteiger partial charge in [0, 0.05) is 18.3 Å². The highest BCUT2D eigenvalue weighted by atomic mass is 32.2. The highest BCUT2D eigenvalue weighted by molar-refractivity contribution is 8.15. The van der Waals surface area contributed by atoms with E-state index in [9.17, 15) is 14.4 Å². The van der Waals surface area contributed by atoms with Crippen LogP contribution < -0.4 is 4.74 Å². The van der Waals surface area contributed by atoms with Gasteiger partial charge in [0.1, 0.15) is 11.9 Å². The number of carbonyl (C=O) groups excluding carboxylic acids is 3. The highest BCUT2D eigenvalue weighted by Crippen LogP contribution is 2.30. The molecule has 1 aromatic carbocycles. The lowest BCUT2D eigenvalue weighted by Gasteiger charge is -2.22. The Kier molecular flexibility index (Phi) is 9.22. The summed E-state index contributed by atoms with van der Waals surface area (Å²) in [7, 11) is 0. The number of carbonyl (C=O) groups is 3. The van der Waals surface area contributed by atoms with Gasteiger partial charge in [-0.3, -0.25) is 14.6 Å². The van der Waals surface area contributed by atoms with Crippen LogP contribution in [0.15, 0.2) is 42.6 Å². The molecular formula is C27H32N2O6S. The van der Waals surface area contributed by atoms with Crippen LogP contribution in [0.25, 0.3) is 0 Å². The van der Waals surface area contributed by atoms with E-state index in [1.165, 1.54) is 5.56 Å². The molecule has 0 bridgehead atoms. The van der Waals surface area contributed by atoms with Gasteiger partial charge >= 0.3 is 6.16 Å². The third kappa shape index (κ3) is 7.22. The second kappa shape index (κ2) is 12.8. The van der Waals surface area contributed by atoms with Gasteiger partial charge in [-0.15, -0.1) is 0 Å². The fourth-order valence-corrected chi connectivity index (χ4v) is 5.25. The number of aromatic nitrogens is 1. The summed E-state index contributed by atoms with van der Waals surface area (Å²) in [5.74, 6) is 0.370. The van der Waals surface area contributed by atoms with Crippen molar-refractivity contribution in [1.82, 2.24) is 9.88 Å². The van der Waals surface area contributed by atoms with E-state index in [0.717, 1.165) is 72.2 Å². The van der Waals surface area contributed by atoms with Gasteiger partial charge in [-0.1, -0.05) is 43.3 Å². The number of nitrogens with zero attached hydrogens (tertiary/aromatic N) is 2. The molecule has 2 aliphatic rings. The van der Waals surface area contributed by atoms with Crippen molar-refractivity contribution in [2.75, 3.05) is 13.3 Å². The Morgan fingerprint density at radius 3 is 2.50 bits per heavy atom. The maximum absolute atomic E-state index is 12.7. The lowest BCUT2D eigenvalue weighted by Crippen LogP contribution is -2.35. The number of thioether (sulfide) groups is 1. The molecule has 2 aromatic rings. The van der Waals surface area contributed by atoms with E-state index in [2.05, 4.69) is 18.0 Å². The topological polar surface area (TPSA) is 95.0 Å². The lowest BCUT2D eigenvalue weighted by molar-refractivity contribution is -0.129. The summed E-state index contributed by atoms with van der Waals surface area (Å²) in [6.45, 7) is 2.20. The van der Waals surface area contributed by atoms with Gasteiger partial charge in [-0.05, 0) is 67.9 Å². The van der Waals surface area contributed by atoms with Crippen LogP contribution in [-0.4, -0.2) is 51.9 Å². The predicted molar refractivity (Wildman–Crippen MR) is 136 cm³/mol. The fraction of sp³-hybridized carbons (Fsp3) is 0.481. The van der Waals surface area contributed by atoms with Crippen molar-refractivity contribution >= 4 is 29.1 Å². The lowest BCUT2D eigenvalue weighted by atomic mass is 9.98. The van der Waals surface area contributed by atoms with Gasteiger partial charge in [0.25, 0.3) is 5.24 Å². The van der Waals surface area contributed by atoms with E-state index in [0.29, 0.717) is 19.4 Å². The largest absolute Gasteiger partial charge is 0.510 e. The number of rotatable bonds is 10. The molecule has 36 heavy (non-hydrogen) atoms. The van der Waals surface area contributed by atoms with Gasteiger partial charge in [-0.2, -0.15) is 0 Å². The van der Waals surface area contributed by atoms with Gasteiger partial charge in [-0.25, -0.2) is 9.69 Å². The number of hydrogen-bond acceptors (Lipinski definition) is 8. The number of imide groups is 1. The van der Waals surface area contributed by atoms with Crippen LogP contribution in [0.3, 0.4) is 0 Å². The Hall–Kier alpha value is -3.07. The summed E-state index contributed by atoms with van der Waals surface area (Å²) in [6.07, 6.45) is 7.84. The number of ether oxygens (including phenoxy) is 3. The Bertz CT molecular complexity index is 1040. The number of aryl methyl sites for hydroxylation is 1. The Morgan fingerprint density at radius 1 is 1.06 bits per heavy atom. The molecule has 9 heteroatoms. The van der Waals surface area contributed by atoms with Crippen LogP contribution in [0, 0.1) is 0 Å². The highest BCUT2D eigenvalue weighted by Gasteiger charge is 2.40. The van der Waals surface area contributed by atoms with Crippen molar-refractivity contribution in [3.8, 4) is 5.75 Å². The minimum Gasteiger partial charge on any atom is -0.493 e. The SMILES string of the molecule is CCc1ccc(CCOc2ccc(CC3SC(=O)N(COC(=O)OC4CCCCC4)C3=O)cc2)nc1. The zero-order chi connectivity index (χ0) is 25.3. The first-order valence-corrected chi connectivity index (χ1v) is 13.4. The van der Waals surface area contributed by atoms with E-state index >= 15 is 0 Å². The molecule has 4 rings (SSSR count). The summed E-state index contributed by atoms with van der Waals surface area (Å²) in [6, 6.07) is 11.6. The summed E-state index contributed by atoms with van der Waals surface area (Å²) in [5, 5.41) is -0.976. The molecule has 1 atom stereocenters. The molecule has 0 N–H and O–H groups in total. The van der Waals surface area contributed by atoms with Crippen molar-refractivity contribution in [1.29, 1.82) is 0 Å². The molecule has 0 radical (unpaired) electrons. The average Bonchev–Trinajstić information content (AvgIpc) is 3.16. The number of amides is 2. The summed E-state index contributed by atoms with van der Waals surface area (Å²) < 4.78 is 16.2. The molecule has 1 aromatic heterocycles. The zero-order valence-electron chi connectivity index (χ0n) is 20.5. The zero-order valence-corrected chi connectivity index (χ0v) is 21.3. The van der Waals surface area contributed by atoms with Crippen molar-refractivity contribution in [2.45, 2.75) is 69.6 Å². The first-order chi connectivity index (χ1) is 17.5. The van der Waals surface area contributed by atoms with Crippen molar-refractivity contribution < 1.29 is 28.6 Å². The van der Waals surface area contributed by atoms with Crippen LogP contribution >= 0.6 is 11.8 Å². The molecule has 192 valence electrons. The first-order valence-electron chi connectivity index (χ1n) is 12.5. The number of benzene rings is 1. The minimum absolute atomic E-state index is 0.144. The Labute approximate surface area is 215 Å². The molecule has 1 aliphatic heterocycles. The molecule has 1 aliphatic carbocycles. The molecule has 1 saturated carbocycles. The van der Waals surface area contributed by atoms with E-state index in [1.807, 2.05) is 36.5 Å². The van der Waals surface area contributed by atoms with Crippen LogP contribution in [0.1, 0.15) is 55.8 Å². The molecular weight excluding hydrogens is 480 g/mol. The smallest absolute Gasteiger partial charge is 0.493 e. The van der Waals surface area contributed by atoms with Gasteiger partial charge in [0.05, 0.1) is 11.9 Å². The molecule has 1 unspecified atom stereocenters. The fourth-order valence-electron chi connectivity index (χ4n) is 4.24. The van der Waals surface area contributed by atoms with Crippen LogP contribution in [0.5, 0.6) is 5.75 Å². The number of hydrogen-bond donors (Lipinski definition) is 0. The second-order valence-corrected chi connectivity index (χ2v) is 10.2. The third-order valence-electron chi connectivity index (χ3n) is 6.40. The van der Waals surface area contributed by atoms with Crippen molar-refractivity contribution in [2.24, 2.45) is 0 Å². The summed E-state index contributed by atoms with van der Waals surface area (Å²) >= 11 is 0.949. The molecule has 0 spiro atoms. The predicted octanol–water partition coefficient (Wildman–Crippen LogP) is 5.32. The number of pyridine rings is 1. The maximum atomic E-state index is 12.7. The van der Waals surface area contributed by atoms with E-state index in [-0.39, 0.29) is 12.0 Å². The van der Waals surface area contributed by atoms with E-state index in [1.54, 1.807) is 0 Å². The summed E-state index contributed by atoms with van der Waals surface area (Å²) in [4.78, 5) is 42.4. The second-order valence-electron chi connectivity index (χ2n) is 9.00. The van der Waals surface area contributed by atoms with E-state index in [4.69, 9.17) is 14.2 Å². The quantitative estimate of drug-likeness (QED) is 0.395. The van der Waals surface area contributed by atoms with Gasteiger partial charge < -0.3 is 14.2 Å². The van der Waals surface area contributed by atoms with Crippen molar-refractivity contribution in [3.05, 3.63) is 59.4 Å². The average molecular weight is 513 g/mol. The minimum atomic E-state index is -0.833. The summed E-state index contributed by atoms with van der Waals surface area (Å²) in [5.41, 5.74) is 3.11. The maximum Gasteiger partial charge on any atom is 0.510 e. The molecule has 2 heterocycles. The molecule has 2 amide bonds. The molecule has 2 fully saturated rings. The molecule has 1 saturated heterocycles. The molecule has 8 nitrogen and oxygen atoms in total. The van der Waals surface area contributed by atoms with Crippen LogP contribution in [-0.2, 0) is 33.5 Å². The van der Waals surface area contributed by atoms with Crippen molar-refractivity contribution in [3.63, 3.8) is 0 Å². The normalized spacial score (nSPS) is 18.4. The monoisotopic (exact) mass is 512 g/mol. The van der Waals surface area contributed by atoms with Gasteiger partial charge in [0.2, 0.25) is 5.91 Å². The standard InChI is InChI=1S/C27H32N2O6S/c1-2-19-8-11-21(28-17-19)14-15-33-22-12-9-20(10-13-22)16-24-25(30)29(26(31)36-24)18-34-27(32)35-23-6-4-3-5-7-23/h8-13,17,23-24H,2-7,14-16,18H2,1H3. The first kappa shape index (κ1) is 26.0. The van der Waals surface area contributed by atoms with Gasteiger partial charge in [0.15, 0.2) is 6.73 Å². The Morgan fingerprint density at radius 2 is 1.81 bits per heavy atom. The Balaban J connectivity index is 1.20.